The minimum Gasteiger partial charge on any atom is -0.491 e. The van der Waals surface area contributed by atoms with Crippen LogP contribution >= 0.6 is 0 Å². The number of likely N-dealkylation sites (N-methyl/N-ethyl adjacent to an activating group) is 1. The fourth-order valence-electron chi connectivity index (χ4n) is 5.56. The van der Waals surface area contributed by atoms with E-state index in [0.717, 1.165) is 61.9 Å². The van der Waals surface area contributed by atoms with E-state index in [0.29, 0.717) is 25.4 Å². The molecule has 11 heteroatoms. The Bertz CT molecular complexity index is 1340. The molecule has 6 rings (SSSR count). The van der Waals surface area contributed by atoms with E-state index in [1.165, 1.54) is 12.1 Å². The second kappa shape index (κ2) is 10.0. The monoisotopic (exact) mass is 522 g/mol. The summed E-state index contributed by atoms with van der Waals surface area (Å²) >= 11 is 0. The maximum absolute atomic E-state index is 14.3. The molecule has 2 aromatic heterocycles. The molecule has 0 saturated carbocycles. The summed E-state index contributed by atoms with van der Waals surface area (Å²) < 4.78 is 22.2. The molecule has 3 aliphatic rings. The first-order valence-corrected chi connectivity index (χ1v) is 13.5. The number of ether oxygens (including phenoxy) is 1. The average Bonchev–Trinajstić information content (AvgIpc) is 3.33. The van der Waals surface area contributed by atoms with Gasteiger partial charge in [0.05, 0.1) is 17.3 Å². The van der Waals surface area contributed by atoms with Gasteiger partial charge in [0.15, 0.2) is 5.65 Å². The number of rotatable bonds is 1. The van der Waals surface area contributed by atoms with Crippen molar-refractivity contribution in [3.8, 4) is 5.75 Å². The number of nitrogens with two attached hydrogens (primary N) is 1. The van der Waals surface area contributed by atoms with Gasteiger partial charge >= 0.3 is 0 Å². The van der Waals surface area contributed by atoms with Crippen LogP contribution in [0.1, 0.15) is 48.3 Å². The van der Waals surface area contributed by atoms with Crippen molar-refractivity contribution >= 4 is 23.2 Å². The molecule has 2 bridgehead atoms. The summed E-state index contributed by atoms with van der Waals surface area (Å²) in [6, 6.07) is 8.17. The number of aromatic nitrogens is 3. The number of nitrogens with zero attached hydrogens (tertiary/aromatic N) is 6. The molecule has 3 N–H and O–H groups in total. The molecule has 0 aliphatic carbocycles. The number of carbonyl (C=O) groups is 1. The van der Waals surface area contributed by atoms with Gasteiger partial charge in [-0.2, -0.15) is 9.61 Å². The topological polar surface area (TPSA) is 104 Å². The zero-order chi connectivity index (χ0) is 26.4. The van der Waals surface area contributed by atoms with Gasteiger partial charge in [0, 0.05) is 64.0 Å². The molecule has 2 saturated heterocycles. The van der Waals surface area contributed by atoms with E-state index in [1.807, 2.05) is 22.4 Å². The Kier molecular flexibility index (Phi) is 6.56. The van der Waals surface area contributed by atoms with Gasteiger partial charge in [-0.1, -0.05) is 0 Å². The molecule has 10 nitrogen and oxygen atoms in total. The van der Waals surface area contributed by atoms with Crippen molar-refractivity contribution < 1.29 is 13.9 Å². The van der Waals surface area contributed by atoms with Crippen LogP contribution in [0.4, 0.5) is 16.0 Å². The van der Waals surface area contributed by atoms with Crippen LogP contribution in [0.2, 0.25) is 0 Å². The third-order valence-electron chi connectivity index (χ3n) is 7.74. The molecule has 0 radical (unpaired) electrons. The van der Waals surface area contributed by atoms with E-state index in [9.17, 15) is 9.18 Å². The smallest absolute Gasteiger partial charge is 0.258 e. The molecular formula is C27H35FN8O2. The Balaban J connectivity index is 1.45. The lowest BCUT2D eigenvalue weighted by atomic mass is 9.98. The van der Waals surface area contributed by atoms with Crippen LogP contribution in [-0.4, -0.2) is 83.9 Å². The third kappa shape index (κ3) is 4.64. The summed E-state index contributed by atoms with van der Waals surface area (Å²) in [5, 5.41) is 8.47. The number of carbonyl (C=O) groups excluding carboxylic acids is 1. The van der Waals surface area contributed by atoms with Crippen LogP contribution in [0.15, 0.2) is 30.3 Å². The third-order valence-corrected chi connectivity index (χ3v) is 7.74. The van der Waals surface area contributed by atoms with Gasteiger partial charge in [-0.15, -0.1) is 0 Å². The summed E-state index contributed by atoms with van der Waals surface area (Å²) in [6.45, 7) is 5.97. The van der Waals surface area contributed by atoms with Crippen LogP contribution in [0.5, 0.6) is 5.75 Å². The van der Waals surface area contributed by atoms with E-state index in [1.54, 1.807) is 6.07 Å². The molecule has 2 unspecified atom stereocenters. The number of hydrogen-bond donors (Lipinski definition) is 2. The van der Waals surface area contributed by atoms with Crippen molar-refractivity contribution in [2.45, 2.75) is 44.3 Å². The average molecular weight is 523 g/mol. The Morgan fingerprint density at radius 3 is 2.82 bits per heavy atom. The number of anilines is 2. The predicted molar refractivity (Wildman–Crippen MR) is 143 cm³/mol. The summed E-state index contributed by atoms with van der Waals surface area (Å²) in [6.07, 6.45) is 2.64. The second-order valence-electron chi connectivity index (χ2n) is 10.7. The lowest BCUT2D eigenvalue weighted by Crippen LogP contribution is -2.56. The molecule has 3 aromatic rings. The van der Waals surface area contributed by atoms with E-state index in [2.05, 4.69) is 28.2 Å². The summed E-state index contributed by atoms with van der Waals surface area (Å²) in [5.74, 6) is 1.50. The highest BCUT2D eigenvalue weighted by molar-refractivity contribution is 5.97. The number of benzene rings is 1. The van der Waals surface area contributed by atoms with Crippen molar-refractivity contribution in [3.05, 3.63) is 47.4 Å². The van der Waals surface area contributed by atoms with Gasteiger partial charge in [-0.25, -0.2) is 9.37 Å². The lowest BCUT2D eigenvalue weighted by Gasteiger charge is -2.38. The maximum atomic E-state index is 14.3. The number of hydrogen-bond acceptors (Lipinski definition) is 8. The molecule has 3 aliphatic heterocycles. The lowest BCUT2D eigenvalue weighted by molar-refractivity contribution is 0.0600. The summed E-state index contributed by atoms with van der Waals surface area (Å²) in [5.41, 5.74) is 7.82. The molecule has 0 spiro atoms. The van der Waals surface area contributed by atoms with Gasteiger partial charge in [0.1, 0.15) is 29.8 Å². The molecule has 5 heterocycles. The first-order valence-electron chi connectivity index (χ1n) is 13.5. The number of amides is 1. The maximum Gasteiger partial charge on any atom is 0.258 e. The van der Waals surface area contributed by atoms with Crippen LogP contribution in [0.25, 0.3) is 5.65 Å². The van der Waals surface area contributed by atoms with Gasteiger partial charge < -0.3 is 30.5 Å². The largest absolute Gasteiger partial charge is 0.491 e. The second-order valence-corrected chi connectivity index (χ2v) is 10.7. The van der Waals surface area contributed by atoms with Crippen molar-refractivity contribution in [2.24, 2.45) is 5.73 Å². The highest BCUT2D eigenvalue weighted by Gasteiger charge is 2.33. The SMILES string of the molecule is CC1COc2ccc(F)cc2C(=O)N2CCCCC2c2cc3nc(N4CC(N)C4)cc(n3n2)N(C)CCN1. The number of piperidine rings is 1. The Morgan fingerprint density at radius 2 is 2.00 bits per heavy atom. The highest BCUT2D eigenvalue weighted by atomic mass is 19.1. The first-order chi connectivity index (χ1) is 18.4. The molecule has 1 amide bonds. The van der Waals surface area contributed by atoms with Crippen molar-refractivity contribution in [2.75, 3.05) is 56.2 Å². The molecule has 2 atom stereocenters. The van der Waals surface area contributed by atoms with Crippen molar-refractivity contribution in [1.29, 1.82) is 0 Å². The number of fused-ring (bicyclic) bond motifs is 4. The minimum atomic E-state index is -0.460. The fraction of sp³-hybridized carbons (Fsp3) is 0.519. The zero-order valence-corrected chi connectivity index (χ0v) is 21.9. The predicted octanol–water partition coefficient (Wildman–Crippen LogP) is 2.19. The van der Waals surface area contributed by atoms with Crippen LogP contribution in [-0.2, 0) is 0 Å². The van der Waals surface area contributed by atoms with Gasteiger partial charge in [-0.05, 0) is 44.4 Å². The van der Waals surface area contributed by atoms with Crippen LogP contribution < -0.4 is 25.6 Å². The highest BCUT2D eigenvalue weighted by Crippen LogP contribution is 2.35. The fourth-order valence-corrected chi connectivity index (χ4v) is 5.56. The summed E-state index contributed by atoms with van der Waals surface area (Å²) in [4.78, 5) is 25.0. The number of halogens is 1. The normalized spacial score (nSPS) is 23.3. The molecular weight excluding hydrogens is 487 g/mol. The standard InChI is InChI=1S/C27H35FN8O2/c1-17-16-38-23-7-6-18(28)11-20(23)27(37)35-9-4-3-5-22(35)21-12-25-31-24(34-14-19(29)15-34)13-26(36(25)32-21)33(2)10-8-30-17/h6-7,11-13,17,19,22,30H,3-5,8-10,14-16,29H2,1-2H3. The van der Waals surface area contributed by atoms with Crippen molar-refractivity contribution in [1.82, 2.24) is 24.8 Å². The van der Waals surface area contributed by atoms with E-state index < -0.39 is 5.82 Å². The van der Waals surface area contributed by atoms with Gasteiger partial charge in [-0.3, -0.25) is 4.79 Å². The number of nitrogens with one attached hydrogen (secondary N) is 1. The Labute approximate surface area is 221 Å². The van der Waals surface area contributed by atoms with Crippen LogP contribution in [0, 0.1) is 5.82 Å². The summed E-state index contributed by atoms with van der Waals surface area (Å²) in [7, 11) is 2.05. The Morgan fingerprint density at radius 1 is 1.16 bits per heavy atom. The molecule has 1 aromatic carbocycles. The quantitative estimate of drug-likeness (QED) is 0.501. The van der Waals surface area contributed by atoms with E-state index in [-0.39, 0.29) is 29.6 Å². The van der Waals surface area contributed by atoms with Crippen LogP contribution in [0.3, 0.4) is 0 Å². The first kappa shape index (κ1) is 24.9. The molecule has 38 heavy (non-hydrogen) atoms. The Hall–Kier alpha value is -3.44. The van der Waals surface area contributed by atoms with Gasteiger partial charge in [0.25, 0.3) is 5.91 Å². The minimum absolute atomic E-state index is 0.0268. The van der Waals surface area contributed by atoms with Gasteiger partial charge in [0.2, 0.25) is 0 Å². The zero-order valence-electron chi connectivity index (χ0n) is 21.9. The van der Waals surface area contributed by atoms with E-state index >= 15 is 0 Å². The van der Waals surface area contributed by atoms with Crippen molar-refractivity contribution in [3.63, 3.8) is 0 Å². The molecule has 202 valence electrons. The molecule has 2 fully saturated rings. The van der Waals surface area contributed by atoms with E-state index in [4.69, 9.17) is 20.6 Å².